The number of aromatic nitrogens is 2. The summed E-state index contributed by atoms with van der Waals surface area (Å²) in [5, 5.41) is 7.08. The second-order valence-electron chi connectivity index (χ2n) is 6.43. The number of halogens is 1. The highest BCUT2D eigenvalue weighted by atomic mass is 35.5. The van der Waals surface area contributed by atoms with E-state index in [2.05, 4.69) is 15.5 Å². The highest BCUT2D eigenvalue weighted by molar-refractivity contribution is 7.89. The van der Waals surface area contributed by atoms with E-state index < -0.39 is 10.0 Å². The second-order valence-corrected chi connectivity index (χ2v) is 9.02. The summed E-state index contributed by atoms with van der Waals surface area (Å²) >= 11 is 5.95. The lowest BCUT2D eigenvalue weighted by molar-refractivity contribution is -0.116. The Bertz CT molecular complexity index is 1170. The maximum absolute atomic E-state index is 12.1. The molecule has 0 saturated carbocycles. The van der Waals surface area contributed by atoms with Gasteiger partial charge in [0.15, 0.2) is 0 Å². The standard InChI is InChI=1S/C20H19ClN4O4S/c1-25(2)30(27,28)17-9-6-14(7-10-17)8-11-18(26)22-13-19-23-20(24-29-19)15-4-3-5-16(21)12-15/h3-12H,13H2,1-2H3,(H,22,26)/b11-8+. The minimum Gasteiger partial charge on any atom is -0.343 e. The number of hydrogen-bond donors (Lipinski definition) is 1. The molecule has 1 amide bonds. The average Bonchev–Trinajstić information content (AvgIpc) is 3.20. The fraction of sp³-hybridized carbons (Fsp3) is 0.150. The van der Waals surface area contributed by atoms with Gasteiger partial charge < -0.3 is 9.84 Å². The van der Waals surface area contributed by atoms with Crippen molar-refractivity contribution < 1.29 is 17.7 Å². The molecule has 1 N–H and O–H groups in total. The summed E-state index contributed by atoms with van der Waals surface area (Å²) in [6.07, 6.45) is 2.91. The number of hydrogen-bond acceptors (Lipinski definition) is 6. The van der Waals surface area contributed by atoms with Crippen molar-refractivity contribution in [2.75, 3.05) is 14.1 Å². The molecule has 10 heteroatoms. The molecule has 1 heterocycles. The molecule has 0 aliphatic carbocycles. The molecule has 1 aromatic heterocycles. The van der Waals surface area contributed by atoms with Gasteiger partial charge in [0.2, 0.25) is 27.6 Å². The Balaban J connectivity index is 1.57. The third kappa shape index (κ3) is 5.32. The first-order chi connectivity index (χ1) is 14.3. The van der Waals surface area contributed by atoms with Crippen LogP contribution < -0.4 is 5.32 Å². The van der Waals surface area contributed by atoms with Crippen molar-refractivity contribution >= 4 is 33.6 Å². The van der Waals surface area contributed by atoms with Crippen LogP contribution >= 0.6 is 11.6 Å². The first-order valence-electron chi connectivity index (χ1n) is 8.83. The Kier molecular flexibility index (Phi) is 6.66. The van der Waals surface area contributed by atoms with Crippen LogP contribution in [0.25, 0.3) is 17.5 Å². The number of amides is 1. The molecule has 0 aliphatic rings. The number of carbonyl (C=O) groups excluding carboxylic acids is 1. The lowest BCUT2D eigenvalue weighted by atomic mass is 10.2. The van der Waals surface area contributed by atoms with Crippen LogP contribution in [0.5, 0.6) is 0 Å². The van der Waals surface area contributed by atoms with E-state index in [9.17, 15) is 13.2 Å². The van der Waals surface area contributed by atoms with E-state index in [0.29, 0.717) is 22.0 Å². The first-order valence-corrected chi connectivity index (χ1v) is 10.6. The summed E-state index contributed by atoms with van der Waals surface area (Å²) in [4.78, 5) is 16.4. The van der Waals surface area contributed by atoms with Crippen LogP contribution in [-0.2, 0) is 21.4 Å². The Hall–Kier alpha value is -3.01. The summed E-state index contributed by atoms with van der Waals surface area (Å²) in [7, 11) is -0.551. The van der Waals surface area contributed by atoms with Crippen LogP contribution in [0.15, 0.2) is 64.0 Å². The number of nitrogens with zero attached hydrogens (tertiary/aromatic N) is 3. The van der Waals surface area contributed by atoms with Gasteiger partial charge in [-0.15, -0.1) is 0 Å². The Morgan fingerprint density at radius 2 is 1.93 bits per heavy atom. The van der Waals surface area contributed by atoms with Gasteiger partial charge in [0.25, 0.3) is 0 Å². The third-order valence-corrected chi connectivity index (χ3v) is 6.11. The van der Waals surface area contributed by atoms with Gasteiger partial charge in [-0.05, 0) is 35.9 Å². The molecule has 8 nitrogen and oxygen atoms in total. The molecule has 0 aliphatic heterocycles. The molecule has 0 fully saturated rings. The Morgan fingerprint density at radius 1 is 1.20 bits per heavy atom. The molecule has 3 aromatic rings. The molecule has 2 aromatic carbocycles. The molecule has 30 heavy (non-hydrogen) atoms. The van der Waals surface area contributed by atoms with Gasteiger partial charge in [0, 0.05) is 30.8 Å². The number of nitrogens with one attached hydrogen (secondary N) is 1. The SMILES string of the molecule is CN(C)S(=O)(=O)c1ccc(/C=C/C(=O)NCc2nc(-c3cccc(Cl)c3)no2)cc1. The van der Waals surface area contributed by atoms with Crippen LogP contribution in [0.3, 0.4) is 0 Å². The highest BCUT2D eigenvalue weighted by Gasteiger charge is 2.16. The van der Waals surface area contributed by atoms with E-state index in [1.165, 1.54) is 32.3 Å². The predicted molar refractivity (Wildman–Crippen MR) is 113 cm³/mol. The Morgan fingerprint density at radius 3 is 2.60 bits per heavy atom. The van der Waals surface area contributed by atoms with Gasteiger partial charge in [-0.3, -0.25) is 4.79 Å². The lowest BCUT2D eigenvalue weighted by Gasteiger charge is -2.11. The molecule has 0 spiro atoms. The molecule has 0 atom stereocenters. The van der Waals surface area contributed by atoms with Gasteiger partial charge in [-0.2, -0.15) is 4.98 Å². The van der Waals surface area contributed by atoms with E-state index in [1.54, 1.807) is 42.5 Å². The molecule has 156 valence electrons. The lowest BCUT2D eigenvalue weighted by Crippen LogP contribution is -2.22. The fourth-order valence-corrected chi connectivity index (χ4v) is 3.52. The summed E-state index contributed by atoms with van der Waals surface area (Å²) in [6.45, 7) is 0.0662. The van der Waals surface area contributed by atoms with Crippen LogP contribution in [0.2, 0.25) is 5.02 Å². The van der Waals surface area contributed by atoms with Gasteiger partial charge >= 0.3 is 0 Å². The van der Waals surface area contributed by atoms with E-state index in [0.717, 1.165) is 4.31 Å². The zero-order valence-electron chi connectivity index (χ0n) is 16.2. The summed E-state index contributed by atoms with van der Waals surface area (Å²) in [5.41, 5.74) is 1.40. The molecule has 0 radical (unpaired) electrons. The largest absolute Gasteiger partial charge is 0.343 e. The monoisotopic (exact) mass is 446 g/mol. The topological polar surface area (TPSA) is 105 Å². The molecular formula is C20H19ClN4O4S. The van der Waals surface area contributed by atoms with Crippen molar-refractivity contribution in [3.63, 3.8) is 0 Å². The number of rotatable bonds is 7. The van der Waals surface area contributed by atoms with E-state index in [4.69, 9.17) is 16.1 Å². The summed E-state index contributed by atoms with van der Waals surface area (Å²) in [5.74, 6) is 0.275. The smallest absolute Gasteiger partial charge is 0.246 e. The molecule has 3 rings (SSSR count). The van der Waals surface area contributed by atoms with Crippen LogP contribution in [-0.4, -0.2) is 42.9 Å². The third-order valence-electron chi connectivity index (χ3n) is 4.05. The summed E-state index contributed by atoms with van der Waals surface area (Å²) < 4.78 is 30.4. The van der Waals surface area contributed by atoms with Crippen molar-refractivity contribution in [2.45, 2.75) is 11.4 Å². The zero-order valence-corrected chi connectivity index (χ0v) is 17.8. The maximum atomic E-state index is 12.1. The van der Waals surface area contributed by atoms with Gasteiger partial charge in [0.05, 0.1) is 11.4 Å². The molecule has 0 saturated heterocycles. The van der Waals surface area contributed by atoms with Crippen LogP contribution in [0.4, 0.5) is 0 Å². The van der Waals surface area contributed by atoms with Crippen molar-refractivity contribution in [3.8, 4) is 11.4 Å². The van der Waals surface area contributed by atoms with Gasteiger partial charge in [0.1, 0.15) is 0 Å². The van der Waals surface area contributed by atoms with E-state index >= 15 is 0 Å². The first kappa shape index (κ1) is 21.7. The summed E-state index contributed by atoms with van der Waals surface area (Å²) in [6, 6.07) is 13.3. The zero-order chi connectivity index (χ0) is 21.7. The highest BCUT2D eigenvalue weighted by Crippen LogP contribution is 2.20. The van der Waals surface area contributed by atoms with Crippen LogP contribution in [0.1, 0.15) is 11.5 Å². The minimum atomic E-state index is -3.49. The number of sulfonamides is 1. The predicted octanol–water partition coefficient (Wildman–Crippen LogP) is 2.97. The van der Waals surface area contributed by atoms with Crippen LogP contribution in [0, 0.1) is 0 Å². The number of carbonyl (C=O) groups is 1. The quantitative estimate of drug-likeness (QED) is 0.559. The average molecular weight is 447 g/mol. The maximum Gasteiger partial charge on any atom is 0.246 e. The van der Waals surface area contributed by atoms with Crippen molar-refractivity contribution in [1.82, 2.24) is 19.8 Å². The van der Waals surface area contributed by atoms with Crippen molar-refractivity contribution in [3.05, 3.63) is 71.1 Å². The van der Waals surface area contributed by atoms with E-state index in [1.807, 2.05) is 0 Å². The van der Waals surface area contributed by atoms with Crippen molar-refractivity contribution in [2.24, 2.45) is 0 Å². The molecule has 0 bridgehead atoms. The fourth-order valence-electron chi connectivity index (χ4n) is 2.43. The van der Waals surface area contributed by atoms with E-state index in [-0.39, 0.29) is 23.2 Å². The molecule has 0 unspecified atom stereocenters. The van der Waals surface area contributed by atoms with Gasteiger partial charge in [-0.1, -0.05) is 41.0 Å². The van der Waals surface area contributed by atoms with Gasteiger partial charge in [-0.25, -0.2) is 12.7 Å². The minimum absolute atomic E-state index is 0.0662. The second kappa shape index (κ2) is 9.21. The normalized spacial score (nSPS) is 11.9. The van der Waals surface area contributed by atoms with Crippen molar-refractivity contribution in [1.29, 1.82) is 0 Å². The molecular weight excluding hydrogens is 428 g/mol. The number of benzene rings is 2. The Labute approximate surface area is 179 Å².